The maximum Gasteiger partial charge on any atom is 0.254 e. The fourth-order valence-corrected chi connectivity index (χ4v) is 4.94. The summed E-state index contributed by atoms with van der Waals surface area (Å²) in [5.74, 6) is 0.709. The first-order chi connectivity index (χ1) is 18.9. The highest BCUT2D eigenvalue weighted by Gasteiger charge is 2.20. The van der Waals surface area contributed by atoms with Gasteiger partial charge in [-0.3, -0.25) is 4.79 Å². The molecule has 0 N–H and O–H groups in total. The number of rotatable bonds is 8. The maximum absolute atomic E-state index is 13.5. The molecule has 39 heavy (non-hydrogen) atoms. The number of carbonyl (C=O) groups is 1. The molecule has 1 aromatic heterocycles. The van der Waals surface area contributed by atoms with Crippen molar-refractivity contribution in [1.82, 2.24) is 9.47 Å². The third kappa shape index (κ3) is 5.76. The van der Waals surface area contributed by atoms with Crippen molar-refractivity contribution in [1.29, 1.82) is 0 Å². The summed E-state index contributed by atoms with van der Waals surface area (Å²) in [6.07, 6.45) is 0. The average molecular weight is 535 g/mol. The van der Waals surface area contributed by atoms with Gasteiger partial charge >= 0.3 is 0 Å². The van der Waals surface area contributed by atoms with Crippen LogP contribution in [0.15, 0.2) is 115 Å². The van der Waals surface area contributed by atoms with Gasteiger partial charge in [0.2, 0.25) is 0 Å². The Kier molecular flexibility index (Phi) is 7.85. The third-order valence-electron chi connectivity index (χ3n) is 7.07. The van der Waals surface area contributed by atoms with Crippen LogP contribution in [0.4, 0.5) is 0 Å². The van der Waals surface area contributed by atoms with E-state index in [1.165, 1.54) is 0 Å². The molecule has 0 radical (unpaired) electrons. The maximum atomic E-state index is 13.5. The van der Waals surface area contributed by atoms with Crippen molar-refractivity contribution in [2.45, 2.75) is 26.5 Å². The van der Waals surface area contributed by atoms with E-state index >= 15 is 0 Å². The van der Waals surface area contributed by atoms with Crippen LogP contribution in [0.3, 0.4) is 0 Å². The Bertz CT molecular complexity index is 1580. The van der Waals surface area contributed by atoms with Crippen molar-refractivity contribution in [2.75, 3.05) is 7.05 Å². The zero-order valence-corrected chi connectivity index (χ0v) is 23.1. The van der Waals surface area contributed by atoms with Crippen LogP contribution in [0.25, 0.3) is 16.9 Å². The van der Waals surface area contributed by atoms with Crippen LogP contribution < -0.4 is 4.74 Å². The molecule has 0 spiro atoms. The molecule has 0 aliphatic heterocycles. The van der Waals surface area contributed by atoms with Gasteiger partial charge in [-0.15, -0.1) is 0 Å². The molecule has 4 aromatic carbocycles. The van der Waals surface area contributed by atoms with Gasteiger partial charge in [-0.25, -0.2) is 0 Å². The predicted molar refractivity (Wildman–Crippen MR) is 159 cm³/mol. The van der Waals surface area contributed by atoms with E-state index in [4.69, 9.17) is 16.3 Å². The first-order valence-electron chi connectivity index (χ1n) is 13.0. The molecule has 5 heteroatoms. The summed E-state index contributed by atoms with van der Waals surface area (Å²) in [6.45, 7) is 4.54. The number of hydrogen-bond donors (Lipinski definition) is 0. The Morgan fingerprint density at radius 1 is 0.872 bits per heavy atom. The summed E-state index contributed by atoms with van der Waals surface area (Å²) in [6, 6.07) is 37.7. The Morgan fingerprint density at radius 3 is 2.33 bits per heavy atom. The number of hydrogen-bond acceptors (Lipinski definition) is 2. The summed E-state index contributed by atoms with van der Waals surface area (Å²) < 4.78 is 8.40. The van der Waals surface area contributed by atoms with Gasteiger partial charge in [-0.05, 0) is 73.5 Å². The normalized spacial score (nSPS) is 11.7. The second-order valence-corrected chi connectivity index (χ2v) is 10.1. The quantitative estimate of drug-likeness (QED) is 0.200. The van der Waals surface area contributed by atoms with Gasteiger partial charge in [0.1, 0.15) is 12.4 Å². The first-order valence-corrected chi connectivity index (χ1v) is 13.4. The molecule has 1 heterocycles. The second-order valence-electron chi connectivity index (χ2n) is 9.66. The summed E-state index contributed by atoms with van der Waals surface area (Å²) in [5, 5.41) is 0.628. The summed E-state index contributed by atoms with van der Waals surface area (Å²) >= 11 is 6.46. The van der Waals surface area contributed by atoms with E-state index in [9.17, 15) is 4.79 Å². The van der Waals surface area contributed by atoms with E-state index < -0.39 is 0 Å². The molecule has 0 unspecified atom stereocenters. The standard InChI is InChI=1S/C34H31ClN2O2/c1-24-17-19-32(31-22-29(35)18-20-33(31)39-23-26-11-6-4-7-12-26)37(24)30-16-10-15-28(21-30)34(38)36(3)25(2)27-13-8-5-9-14-27/h4-22,25H,23H2,1-3H3/t25-/m0/s1. The zero-order valence-electron chi connectivity index (χ0n) is 22.3. The van der Waals surface area contributed by atoms with Crippen molar-refractivity contribution in [3.63, 3.8) is 0 Å². The number of carbonyl (C=O) groups excluding carboxylic acids is 1. The van der Waals surface area contributed by atoms with Gasteiger partial charge in [0.15, 0.2) is 0 Å². The number of ether oxygens (including phenoxy) is 1. The molecule has 1 amide bonds. The number of halogens is 1. The van der Waals surface area contributed by atoms with Crippen molar-refractivity contribution < 1.29 is 9.53 Å². The van der Waals surface area contributed by atoms with Gasteiger partial charge in [0.05, 0.1) is 11.7 Å². The monoisotopic (exact) mass is 534 g/mol. The van der Waals surface area contributed by atoms with E-state index in [1.807, 2.05) is 117 Å². The largest absolute Gasteiger partial charge is 0.488 e. The highest BCUT2D eigenvalue weighted by Crippen LogP contribution is 2.36. The Morgan fingerprint density at radius 2 is 1.59 bits per heavy atom. The van der Waals surface area contributed by atoms with Crippen LogP contribution in [0.2, 0.25) is 5.02 Å². The van der Waals surface area contributed by atoms with E-state index in [2.05, 4.69) is 23.6 Å². The lowest BCUT2D eigenvalue weighted by molar-refractivity contribution is 0.0742. The van der Waals surface area contributed by atoms with Crippen LogP contribution in [-0.2, 0) is 6.61 Å². The number of nitrogens with zero attached hydrogens (tertiary/aromatic N) is 2. The van der Waals surface area contributed by atoms with E-state index in [0.717, 1.165) is 39.5 Å². The van der Waals surface area contributed by atoms with Crippen molar-refractivity contribution in [3.8, 4) is 22.7 Å². The van der Waals surface area contributed by atoms with Crippen molar-refractivity contribution in [3.05, 3.63) is 143 Å². The smallest absolute Gasteiger partial charge is 0.254 e. The molecule has 5 aromatic rings. The number of aryl methyl sites for hydroxylation is 1. The van der Waals surface area contributed by atoms with Crippen LogP contribution in [0.5, 0.6) is 5.75 Å². The van der Waals surface area contributed by atoms with E-state index in [1.54, 1.807) is 4.90 Å². The highest BCUT2D eigenvalue weighted by molar-refractivity contribution is 6.31. The van der Waals surface area contributed by atoms with E-state index in [0.29, 0.717) is 17.2 Å². The summed E-state index contributed by atoms with van der Waals surface area (Å²) in [7, 11) is 1.85. The SMILES string of the molecule is Cc1ccc(-c2cc(Cl)ccc2OCc2ccccc2)n1-c1cccc(C(=O)N(C)[C@@H](C)c2ccccc2)c1. The van der Waals surface area contributed by atoms with Gasteiger partial charge in [0, 0.05) is 34.6 Å². The Hall–Kier alpha value is -4.28. The minimum Gasteiger partial charge on any atom is -0.488 e. The number of benzene rings is 4. The van der Waals surface area contributed by atoms with Gasteiger partial charge < -0.3 is 14.2 Å². The van der Waals surface area contributed by atoms with E-state index in [-0.39, 0.29) is 11.9 Å². The topological polar surface area (TPSA) is 34.5 Å². The zero-order chi connectivity index (χ0) is 27.4. The molecule has 196 valence electrons. The minimum atomic E-state index is -0.0537. The Labute approximate surface area is 235 Å². The molecule has 0 saturated carbocycles. The fourth-order valence-electron chi connectivity index (χ4n) is 4.77. The molecule has 0 saturated heterocycles. The second kappa shape index (κ2) is 11.6. The lowest BCUT2D eigenvalue weighted by Crippen LogP contribution is -2.29. The molecule has 5 rings (SSSR count). The van der Waals surface area contributed by atoms with Crippen molar-refractivity contribution >= 4 is 17.5 Å². The number of amides is 1. The van der Waals surface area contributed by atoms with Crippen LogP contribution >= 0.6 is 11.6 Å². The lowest BCUT2D eigenvalue weighted by atomic mass is 10.1. The van der Waals surface area contributed by atoms with Gasteiger partial charge in [-0.2, -0.15) is 0 Å². The molecule has 0 fully saturated rings. The van der Waals surface area contributed by atoms with Crippen LogP contribution in [-0.4, -0.2) is 22.4 Å². The molecule has 0 aliphatic carbocycles. The van der Waals surface area contributed by atoms with Gasteiger partial charge in [0.25, 0.3) is 5.91 Å². The molecular formula is C34H31ClN2O2. The van der Waals surface area contributed by atoms with Crippen LogP contribution in [0, 0.1) is 6.92 Å². The fraction of sp³-hybridized carbons (Fsp3) is 0.147. The molecule has 1 atom stereocenters. The highest BCUT2D eigenvalue weighted by atomic mass is 35.5. The summed E-state index contributed by atoms with van der Waals surface area (Å²) in [5.41, 5.74) is 6.57. The third-order valence-corrected chi connectivity index (χ3v) is 7.30. The van der Waals surface area contributed by atoms with Crippen LogP contribution in [0.1, 0.15) is 40.1 Å². The average Bonchev–Trinajstić information content (AvgIpc) is 3.37. The summed E-state index contributed by atoms with van der Waals surface area (Å²) in [4.78, 5) is 15.3. The molecule has 4 nitrogen and oxygen atoms in total. The van der Waals surface area contributed by atoms with Gasteiger partial charge in [-0.1, -0.05) is 78.3 Å². The number of aromatic nitrogens is 1. The first kappa shape index (κ1) is 26.3. The molecule has 0 bridgehead atoms. The predicted octanol–water partition coefficient (Wildman–Crippen LogP) is 8.52. The molecule has 0 aliphatic rings. The lowest BCUT2D eigenvalue weighted by Gasteiger charge is -2.26. The Balaban J connectivity index is 1.48. The minimum absolute atomic E-state index is 0.0331. The molecular weight excluding hydrogens is 504 g/mol. The van der Waals surface area contributed by atoms with Crippen molar-refractivity contribution in [2.24, 2.45) is 0 Å².